The first kappa shape index (κ1) is 16.4. The minimum atomic E-state index is -3.56. The highest BCUT2D eigenvalue weighted by molar-refractivity contribution is 7.89. The van der Waals surface area contributed by atoms with E-state index < -0.39 is 15.6 Å². The summed E-state index contributed by atoms with van der Waals surface area (Å²) < 4.78 is 33.6. The lowest BCUT2D eigenvalue weighted by Gasteiger charge is -2.39. The fraction of sp³-hybridized carbons (Fsp3) is 0.769. The standard InChI is InChI=1S/C13H24N4O3S/c1-13(2,11-17-7-9-20-10-8-17)16(4)21(18,19)12-5-6-14-15(12)3/h5-6H,7-11H2,1-4H3. The van der Waals surface area contributed by atoms with Gasteiger partial charge in [0.2, 0.25) is 0 Å². The number of morpholine rings is 1. The van der Waals surface area contributed by atoms with E-state index in [0.717, 1.165) is 13.1 Å². The minimum absolute atomic E-state index is 0.208. The number of sulfonamides is 1. The Morgan fingerprint density at radius 2 is 2.00 bits per heavy atom. The minimum Gasteiger partial charge on any atom is -0.379 e. The van der Waals surface area contributed by atoms with Crippen molar-refractivity contribution < 1.29 is 13.2 Å². The Labute approximate surface area is 126 Å². The van der Waals surface area contributed by atoms with Gasteiger partial charge in [-0.25, -0.2) is 8.42 Å². The number of nitrogens with zero attached hydrogens (tertiary/aromatic N) is 4. The molecule has 1 aliphatic heterocycles. The molecule has 0 aromatic carbocycles. The monoisotopic (exact) mass is 316 g/mol. The highest BCUT2D eigenvalue weighted by Gasteiger charge is 2.37. The first-order chi connectivity index (χ1) is 9.75. The maximum atomic E-state index is 12.7. The highest BCUT2D eigenvalue weighted by Crippen LogP contribution is 2.23. The van der Waals surface area contributed by atoms with Crippen LogP contribution >= 0.6 is 0 Å². The maximum absolute atomic E-state index is 12.7. The molecule has 1 aliphatic rings. The average Bonchev–Trinajstić information content (AvgIpc) is 2.85. The van der Waals surface area contributed by atoms with E-state index in [9.17, 15) is 8.42 Å². The van der Waals surface area contributed by atoms with Crippen molar-refractivity contribution in [1.29, 1.82) is 0 Å². The summed E-state index contributed by atoms with van der Waals surface area (Å²) in [6.45, 7) is 7.63. The Kier molecular flexibility index (Phi) is 4.72. The second-order valence-corrected chi connectivity index (χ2v) is 7.88. The molecule has 0 aliphatic carbocycles. The molecule has 0 saturated carbocycles. The average molecular weight is 316 g/mol. The number of ether oxygens (including phenoxy) is 1. The second-order valence-electron chi connectivity index (χ2n) is 5.97. The molecule has 0 radical (unpaired) electrons. The third-order valence-corrected chi connectivity index (χ3v) is 6.11. The zero-order chi connectivity index (χ0) is 15.7. The summed E-state index contributed by atoms with van der Waals surface area (Å²) in [6, 6.07) is 1.52. The predicted octanol–water partition coefficient (Wildman–Crippen LogP) is 0.151. The topological polar surface area (TPSA) is 67.7 Å². The smallest absolute Gasteiger partial charge is 0.260 e. The number of rotatable bonds is 5. The van der Waals surface area contributed by atoms with Crippen LogP contribution in [0.2, 0.25) is 0 Å². The lowest BCUT2D eigenvalue weighted by molar-refractivity contribution is 0.0205. The normalized spacial score (nSPS) is 18.3. The van der Waals surface area contributed by atoms with Gasteiger partial charge in [0.25, 0.3) is 10.0 Å². The lowest BCUT2D eigenvalue weighted by Crippen LogP contribution is -2.54. The molecule has 8 heteroatoms. The molecular formula is C13H24N4O3S. The molecule has 21 heavy (non-hydrogen) atoms. The summed E-state index contributed by atoms with van der Waals surface area (Å²) in [7, 11) is -0.297. The fourth-order valence-electron chi connectivity index (χ4n) is 2.49. The van der Waals surface area contributed by atoms with Crippen LogP contribution < -0.4 is 0 Å². The van der Waals surface area contributed by atoms with Gasteiger partial charge in [0, 0.05) is 39.3 Å². The van der Waals surface area contributed by atoms with Crippen molar-refractivity contribution in [2.45, 2.75) is 24.4 Å². The van der Waals surface area contributed by atoms with Crippen LogP contribution in [0.4, 0.5) is 0 Å². The Balaban J connectivity index is 2.16. The van der Waals surface area contributed by atoms with Gasteiger partial charge in [-0.2, -0.15) is 9.40 Å². The van der Waals surface area contributed by atoms with Crippen molar-refractivity contribution >= 4 is 10.0 Å². The van der Waals surface area contributed by atoms with Crippen molar-refractivity contribution in [3.8, 4) is 0 Å². The van der Waals surface area contributed by atoms with E-state index in [0.29, 0.717) is 19.8 Å². The van der Waals surface area contributed by atoms with Crippen LogP contribution in [0, 0.1) is 0 Å². The zero-order valence-electron chi connectivity index (χ0n) is 13.1. The molecule has 0 atom stereocenters. The number of hydrogen-bond acceptors (Lipinski definition) is 5. The number of likely N-dealkylation sites (N-methyl/N-ethyl adjacent to an activating group) is 1. The Morgan fingerprint density at radius 3 is 2.52 bits per heavy atom. The SMILES string of the molecule is CN(C(C)(C)CN1CCOCC1)S(=O)(=O)c1ccnn1C. The Bertz CT molecular complexity index is 576. The van der Waals surface area contributed by atoms with Crippen LogP contribution in [0.15, 0.2) is 17.3 Å². The summed E-state index contributed by atoms with van der Waals surface area (Å²) in [6.07, 6.45) is 1.50. The first-order valence-electron chi connectivity index (χ1n) is 7.02. The van der Waals surface area contributed by atoms with Gasteiger partial charge in [0.05, 0.1) is 19.4 Å². The van der Waals surface area contributed by atoms with Crippen LogP contribution in [0.5, 0.6) is 0 Å². The van der Waals surface area contributed by atoms with E-state index in [1.165, 1.54) is 21.3 Å². The molecule has 0 N–H and O–H groups in total. The van der Waals surface area contributed by atoms with Gasteiger partial charge in [0.1, 0.15) is 0 Å². The number of hydrogen-bond donors (Lipinski definition) is 0. The summed E-state index contributed by atoms with van der Waals surface area (Å²) >= 11 is 0. The molecule has 0 bridgehead atoms. The van der Waals surface area contributed by atoms with E-state index in [1.54, 1.807) is 14.1 Å². The second kappa shape index (κ2) is 6.04. The quantitative estimate of drug-likeness (QED) is 0.774. The molecule has 1 saturated heterocycles. The molecule has 2 heterocycles. The molecule has 0 unspecified atom stereocenters. The van der Waals surface area contributed by atoms with Crippen molar-refractivity contribution in [2.75, 3.05) is 39.9 Å². The molecule has 2 rings (SSSR count). The van der Waals surface area contributed by atoms with Crippen molar-refractivity contribution in [3.05, 3.63) is 12.3 Å². The summed E-state index contributed by atoms with van der Waals surface area (Å²) in [5, 5.41) is 4.16. The fourth-order valence-corrected chi connectivity index (χ4v) is 4.09. The highest BCUT2D eigenvalue weighted by atomic mass is 32.2. The van der Waals surface area contributed by atoms with Crippen LogP contribution in [0.1, 0.15) is 13.8 Å². The van der Waals surface area contributed by atoms with E-state index in [4.69, 9.17) is 4.74 Å². The van der Waals surface area contributed by atoms with Crippen LogP contribution in [0.25, 0.3) is 0 Å². The van der Waals surface area contributed by atoms with Gasteiger partial charge in [-0.3, -0.25) is 9.58 Å². The molecule has 120 valence electrons. The van der Waals surface area contributed by atoms with E-state index >= 15 is 0 Å². The predicted molar refractivity (Wildman–Crippen MR) is 79.5 cm³/mol. The molecular weight excluding hydrogens is 292 g/mol. The van der Waals surface area contributed by atoms with E-state index in [1.807, 2.05) is 13.8 Å². The molecule has 1 fully saturated rings. The Morgan fingerprint density at radius 1 is 1.38 bits per heavy atom. The maximum Gasteiger partial charge on any atom is 0.260 e. The van der Waals surface area contributed by atoms with Crippen molar-refractivity contribution in [3.63, 3.8) is 0 Å². The third-order valence-electron chi connectivity index (χ3n) is 3.97. The zero-order valence-corrected chi connectivity index (χ0v) is 13.9. The number of aryl methyl sites for hydroxylation is 1. The van der Waals surface area contributed by atoms with Crippen LogP contribution in [0.3, 0.4) is 0 Å². The van der Waals surface area contributed by atoms with E-state index in [2.05, 4.69) is 10.00 Å². The third kappa shape index (κ3) is 3.45. The molecule has 1 aromatic rings. The van der Waals surface area contributed by atoms with Crippen molar-refractivity contribution in [1.82, 2.24) is 19.0 Å². The molecule has 1 aromatic heterocycles. The Hall–Kier alpha value is -0.960. The van der Waals surface area contributed by atoms with Gasteiger partial charge >= 0.3 is 0 Å². The van der Waals surface area contributed by atoms with Gasteiger partial charge in [-0.1, -0.05) is 0 Å². The first-order valence-corrected chi connectivity index (χ1v) is 8.46. The van der Waals surface area contributed by atoms with Gasteiger partial charge < -0.3 is 4.74 Å². The summed E-state index contributed by atoms with van der Waals surface area (Å²) in [4.78, 5) is 2.23. The lowest BCUT2D eigenvalue weighted by atomic mass is 10.1. The van der Waals surface area contributed by atoms with E-state index in [-0.39, 0.29) is 5.03 Å². The van der Waals surface area contributed by atoms with Gasteiger partial charge in [0.15, 0.2) is 5.03 Å². The van der Waals surface area contributed by atoms with Crippen LogP contribution in [-0.2, 0) is 21.8 Å². The van der Waals surface area contributed by atoms with Gasteiger partial charge in [-0.15, -0.1) is 0 Å². The molecule has 0 amide bonds. The van der Waals surface area contributed by atoms with Crippen LogP contribution in [-0.4, -0.2) is 72.8 Å². The van der Waals surface area contributed by atoms with Crippen molar-refractivity contribution in [2.24, 2.45) is 7.05 Å². The molecule has 7 nitrogen and oxygen atoms in total. The largest absolute Gasteiger partial charge is 0.379 e. The summed E-state index contributed by atoms with van der Waals surface area (Å²) in [5.41, 5.74) is -0.513. The summed E-state index contributed by atoms with van der Waals surface area (Å²) in [5.74, 6) is 0. The molecule has 0 spiro atoms. The number of aromatic nitrogens is 2. The van der Waals surface area contributed by atoms with Gasteiger partial charge in [-0.05, 0) is 19.9 Å².